The molecule has 7 heteroatoms. The Balaban J connectivity index is 1.55. The van der Waals surface area contributed by atoms with Gasteiger partial charge in [-0.15, -0.1) is 0 Å². The molecule has 0 bridgehead atoms. The largest absolute Gasteiger partial charge is 0.496 e. The fraction of sp³-hybridized carbons (Fsp3) is 0.167. The first-order chi connectivity index (χ1) is 15.1. The summed E-state index contributed by atoms with van der Waals surface area (Å²) in [4.78, 5) is 14.6. The van der Waals surface area contributed by atoms with Gasteiger partial charge < -0.3 is 23.9 Å². The molecule has 7 nitrogen and oxygen atoms in total. The summed E-state index contributed by atoms with van der Waals surface area (Å²) in [6, 6.07) is 20.4. The van der Waals surface area contributed by atoms with Gasteiger partial charge in [0.2, 0.25) is 0 Å². The van der Waals surface area contributed by atoms with Crippen LogP contribution in [0, 0.1) is 6.92 Å². The third-order valence-electron chi connectivity index (χ3n) is 4.77. The van der Waals surface area contributed by atoms with Crippen molar-refractivity contribution >= 4 is 11.7 Å². The van der Waals surface area contributed by atoms with Crippen LogP contribution in [0.3, 0.4) is 0 Å². The number of hydrogen-bond acceptors (Lipinski definition) is 5. The van der Waals surface area contributed by atoms with Crippen LogP contribution < -0.4 is 10.1 Å². The smallest absolute Gasteiger partial charge is 0.322 e. The molecule has 0 atom stereocenters. The van der Waals surface area contributed by atoms with Gasteiger partial charge in [-0.2, -0.15) is 0 Å². The van der Waals surface area contributed by atoms with Crippen molar-refractivity contribution in [2.24, 2.45) is 0 Å². The van der Waals surface area contributed by atoms with E-state index in [2.05, 4.69) is 10.5 Å². The Morgan fingerprint density at radius 1 is 1.06 bits per heavy atom. The molecule has 0 fully saturated rings. The molecule has 2 aromatic heterocycles. The van der Waals surface area contributed by atoms with E-state index in [0.29, 0.717) is 29.5 Å². The topological polar surface area (TPSA) is 80.7 Å². The van der Waals surface area contributed by atoms with Crippen LogP contribution in [0.2, 0.25) is 0 Å². The Morgan fingerprint density at radius 2 is 1.94 bits per heavy atom. The van der Waals surface area contributed by atoms with Crippen LogP contribution in [-0.4, -0.2) is 23.2 Å². The molecule has 158 valence electrons. The molecule has 2 amide bonds. The molecule has 0 unspecified atom stereocenters. The van der Waals surface area contributed by atoms with Crippen molar-refractivity contribution in [3.63, 3.8) is 0 Å². The molecule has 0 aliphatic carbocycles. The van der Waals surface area contributed by atoms with Gasteiger partial charge in [0.1, 0.15) is 17.2 Å². The van der Waals surface area contributed by atoms with E-state index >= 15 is 0 Å². The first-order valence-corrected chi connectivity index (χ1v) is 9.86. The van der Waals surface area contributed by atoms with Gasteiger partial charge in [0.15, 0.2) is 5.76 Å². The summed E-state index contributed by atoms with van der Waals surface area (Å²) in [7, 11) is 1.61. The molecule has 31 heavy (non-hydrogen) atoms. The first-order valence-electron chi connectivity index (χ1n) is 9.86. The molecule has 0 aliphatic heterocycles. The van der Waals surface area contributed by atoms with Crippen LogP contribution in [0.4, 0.5) is 10.5 Å². The summed E-state index contributed by atoms with van der Waals surface area (Å²) in [5, 5.41) is 7.10. The number of methoxy groups -OCH3 is 1. The van der Waals surface area contributed by atoms with E-state index in [0.717, 1.165) is 16.8 Å². The number of amides is 2. The molecule has 4 rings (SSSR count). The fourth-order valence-electron chi connectivity index (χ4n) is 3.27. The number of para-hydroxylation sites is 1. The lowest BCUT2D eigenvalue weighted by molar-refractivity contribution is 0.199. The van der Waals surface area contributed by atoms with Crippen molar-refractivity contribution in [1.29, 1.82) is 0 Å². The number of aromatic nitrogens is 1. The van der Waals surface area contributed by atoms with Gasteiger partial charge in [0.05, 0.1) is 32.0 Å². The summed E-state index contributed by atoms with van der Waals surface area (Å²) in [5.74, 6) is 1.94. The maximum absolute atomic E-state index is 13.0. The molecule has 0 spiro atoms. The number of nitrogens with one attached hydrogen (secondary N) is 1. The second-order valence-corrected chi connectivity index (χ2v) is 7.12. The zero-order valence-corrected chi connectivity index (χ0v) is 17.4. The zero-order valence-electron chi connectivity index (χ0n) is 17.4. The lowest BCUT2D eigenvalue weighted by atomic mass is 10.1. The van der Waals surface area contributed by atoms with E-state index in [1.54, 1.807) is 24.3 Å². The highest BCUT2D eigenvalue weighted by atomic mass is 16.5. The van der Waals surface area contributed by atoms with Crippen LogP contribution in [0.5, 0.6) is 5.75 Å². The highest BCUT2D eigenvalue weighted by Gasteiger charge is 2.19. The van der Waals surface area contributed by atoms with E-state index in [4.69, 9.17) is 13.7 Å². The Morgan fingerprint density at radius 3 is 2.71 bits per heavy atom. The lowest BCUT2D eigenvalue weighted by Gasteiger charge is -2.21. The van der Waals surface area contributed by atoms with Crippen molar-refractivity contribution in [3.8, 4) is 17.1 Å². The number of ether oxygens (including phenoxy) is 1. The van der Waals surface area contributed by atoms with E-state index in [1.807, 2.05) is 67.6 Å². The minimum Gasteiger partial charge on any atom is -0.496 e. The lowest BCUT2D eigenvalue weighted by Crippen LogP contribution is -2.34. The predicted octanol–water partition coefficient (Wildman–Crippen LogP) is 5.49. The summed E-state index contributed by atoms with van der Waals surface area (Å²) < 4.78 is 16.4. The van der Waals surface area contributed by atoms with Crippen molar-refractivity contribution in [3.05, 3.63) is 90.0 Å². The minimum atomic E-state index is -0.260. The number of rotatable bonds is 7. The molecule has 2 heterocycles. The van der Waals surface area contributed by atoms with Crippen molar-refractivity contribution in [2.75, 3.05) is 12.4 Å². The molecule has 0 radical (unpaired) electrons. The van der Waals surface area contributed by atoms with Crippen molar-refractivity contribution in [1.82, 2.24) is 10.1 Å². The molecule has 0 aliphatic rings. The number of aryl methyl sites for hydroxylation is 1. The summed E-state index contributed by atoms with van der Waals surface area (Å²) in [5.41, 5.74) is 3.20. The summed E-state index contributed by atoms with van der Waals surface area (Å²) >= 11 is 0. The predicted molar refractivity (Wildman–Crippen MR) is 117 cm³/mol. The second kappa shape index (κ2) is 9.21. The maximum Gasteiger partial charge on any atom is 0.322 e. The minimum absolute atomic E-state index is 0.247. The Kier molecular flexibility index (Phi) is 6.03. The van der Waals surface area contributed by atoms with Gasteiger partial charge in [0, 0.05) is 11.8 Å². The average molecular weight is 417 g/mol. The quantitative estimate of drug-likeness (QED) is 0.430. The Hall–Kier alpha value is -4.00. The highest BCUT2D eigenvalue weighted by Crippen LogP contribution is 2.30. The summed E-state index contributed by atoms with van der Waals surface area (Å²) in [6.07, 6.45) is 1.59. The molecule has 2 aromatic carbocycles. The monoisotopic (exact) mass is 417 g/mol. The molecule has 0 saturated heterocycles. The van der Waals surface area contributed by atoms with E-state index in [-0.39, 0.29) is 12.6 Å². The van der Waals surface area contributed by atoms with Gasteiger partial charge in [-0.25, -0.2) is 4.79 Å². The number of anilines is 1. The standard InChI is InChI=1S/C24H23N3O4/c1-17-7-5-8-18(13-17)25-24(28)27(16-20-9-6-12-30-20)15-19-14-23(31-26-19)21-10-3-4-11-22(21)29-2/h3-14H,15-16H2,1-2H3,(H,25,28). The number of hydrogen-bond donors (Lipinski definition) is 1. The number of carbonyl (C=O) groups is 1. The van der Waals surface area contributed by atoms with Crippen molar-refractivity contribution in [2.45, 2.75) is 20.0 Å². The number of urea groups is 1. The van der Waals surface area contributed by atoms with Gasteiger partial charge in [-0.3, -0.25) is 0 Å². The van der Waals surface area contributed by atoms with E-state index in [9.17, 15) is 4.79 Å². The normalized spacial score (nSPS) is 10.6. The van der Waals surface area contributed by atoms with Crippen LogP contribution in [-0.2, 0) is 13.1 Å². The van der Waals surface area contributed by atoms with Gasteiger partial charge in [-0.1, -0.05) is 29.4 Å². The van der Waals surface area contributed by atoms with Gasteiger partial charge in [-0.05, 0) is 48.9 Å². The number of benzene rings is 2. The average Bonchev–Trinajstić information content (AvgIpc) is 3.45. The summed E-state index contributed by atoms with van der Waals surface area (Å²) in [6.45, 7) is 2.52. The van der Waals surface area contributed by atoms with E-state index in [1.165, 1.54) is 0 Å². The van der Waals surface area contributed by atoms with Crippen LogP contribution in [0.15, 0.2) is 81.9 Å². The van der Waals surface area contributed by atoms with Crippen LogP contribution in [0.1, 0.15) is 17.0 Å². The van der Waals surface area contributed by atoms with Crippen LogP contribution in [0.25, 0.3) is 11.3 Å². The first kappa shape index (κ1) is 20.3. The Bertz CT molecular complexity index is 1150. The van der Waals surface area contributed by atoms with Crippen LogP contribution >= 0.6 is 0 Å². The molecular weight excluding hydrogens is 394 g/mol. The maximum atomic E-state index is 13.0. The van der Waals surface area contributed by atoms with Gasteiger partial charge >= 0.3 is 6.03 Å². The Labute approximate surface area is 180 Å². The van der Waals surface area contributed by atoms with E-state index < -0.39 is 0 Å². The third kappa shape index (κ3) is 4.95. The molecule has 0 saturated carbocycles. The number of carbonyl (C=O) groups excluding carboxylic acids is 1. The SMILES string of the molecule is COc1ccccc1-c1cc(CN(Cc2ccco2)C(=O)Nc2cccc(C)c2)no1. The molecular formula is C24H23N3O4. The highest BCUT2D eigenvalue weighted by molar-refractivity contribution is 5.89. The second-order valence-electron chi connectivity index (χ2n) is 7.12. The third-order valence-corrected chi connectivity index (χ3v) is 4.77. The van der Waals surface area contributed by atoms with Crippen molar-refractivity contribution < 1.29 is 18.5 Å². The molecule has 1 N–H and O–H groups in total. The number of nitrogens with zero attached hydrogens (tertiary/aromatic N) is 2. The fourth-order valence-corrected chi connectivity index (χ4v) is 3.27. The zero-order chi connectivity index (χ0) is 21.6. The van der Waals surface area contributed by atoms with Gasteiger partial charge in [0.25, 0.3) is 0 Å². The molecule has 4 aromatic rings. The number of furan rings is 1.